The molecule has 2 rings (SSSR count). The molecular formula is C21H24O5. The van der Waals surface area contributed by atoms with Crippen LogP contribution in [0.15, 0.2) is 48.1 Å². The molecule has 0 aromatic heterocycles. The van der Waals surface area contributed by atoms with Crippen LogP contribution < -0.4 is 0 Å². The average Bonchev–Trinajstić information content (AvgIpc) is 2.64. The summed E-state index contributed by atoms with van der Waals surface area (Å²) in [6.07, 6.45) is 3.18. The molecule has 1 aromatic rings. The van der Waals surface area contributed by atoms with Crippen LogP contribution in [0.1, 0.15) is 39.7 Å². The summed E-state index contributed by atoms with van der Waals surface area (Å²) in [5, 5.41) is 0. The molecule has 1 aromatic carbocycles. The summed E-state index contributed by atoms with van der Waals surface area (Å²) in [5.74, 6) is -1.10. The first-order valence-corrected chi connectivity index (χ1v) is 8.51. The summed E-state index contributed by atoms with van der Waals surface area (Å²) in [5.41, 5.74) is 0.701. The van der Waals surface area contributed by atoms with Gasteiger partial charge in [-0.05, 0) is 30.2 Å². The molecule has 0 aliphatic heterocycles. The van der Waals surface area contributed by atoms with Crippen molar-refractivity contribution in [2.75, 3.05) is 0 Å². The Morgan fingerprint density at radius 2 is 1.81 bits per heavy atom. The van der Waals surface area contributed by atoms with Crippen molar-refractivity contribution in [1.82, 2.24) is 0 Å². The number of hydrogen-bond donors (Lipinski definition) is 0. The Bertz CT molecular complexity index is 743. The summed E-state index contributed by atoms with van der Waals surface area (Å²) in [6, 6.07) is 9.35. The van der Waals surface area contributed by atoms with Crippen LogP contribution in [-0.4, -0.2) is 29.9 Å². The highest BCUT2D eigenvalue weighted by molar-refractivity contribution is 5.96. The number of esters is 2. The monoisotopic (exact) mass is 356 g/mol. The molecule has 0 saturated carbocycles. The predicted octanol–water partition coefficient (Wildman–Crippen LogP) is 3.49. The maximum atomic E-state index is 12.3. The molecule has 138 valence electrons. The molecular weight excluding hydrogens is 332 g/mol. The Kier molecular flexibility index (Phi) is 6.14. The van der Waals surface area contributed by atoms with E-state index in [0.717, 1.165) is 5.56 Å². The van der Waals surface area contributed by atoms with E-state index >= 15 is 0 Å². The normalized spacial score (nSPS) is 22.5. The van der Waals surface area contributed by atoms with Crippen LogP contribution in [0.2, 0.25) is 0 Å². The van der Waals surface area contributed by atoms with Gasteiger partial charge in [-0.3, -0.25) is 9.59 Å². The van der Waals surface area contributed by atoms with Crippen LogP contribution in [0.4, 0.5) is 0 Å². The average molecular weight is 356 g/mol. The molecule has 1 aliphatic carbocycles. The van der Waals surface area contributed by atoms with Crippen LogP contribution in [0.3, 0.4) is 0 Å². The first-order chi connectivity index (χ1) is 12.2. The fourth-order valence-electron chi connectivity index (χ4n) is 2.93. The van der Waals surface area contributed by atoms with Crippen molar-refractivity contribution in [3.63, 3.8) is 0 Å². The topological polar surface area (TPSA) is 69.7 Å². The molecule has 2 unspecified atom stereocenters. The number of ether oxygens (including phenoxy) is 2. The third kappa shape index (κ3) is 5.15. The van der Waals surface area contributed by atoms with E-state index in [4.69, 9.17) is 9.47 Å². The quantitative estimate of drug-likeness (QED) is 0.610. The van der Waals surface area contributed by atoms with Gasteiger partial charge in [-0.25, -0.2) is 4.79 Å². The molecule has 0 radical (unpaired) electrons. The Labute approximate surface area is 153 Å². The van der Waals surface area contributed by atoms with Gasteiger partial charge < -0.3 is 9.47 Å². The Balaban J connectivity index is 2.23. The van der Waals surface area contributed by atoms with Gasteiger partial charge in [0.05, 0.1) is 0 Å². The number of Topliss-reactive ketones (excluding diaryl/α,β-unsaturated/α-hetero) is 1. The van der Waals surface area contributed by atoms with Crippen LogP contribution in [0.5, 0.6) is 0 Å². The molecule has 0 fully saturated rings. The fourth-order valence-corrected chi connectivity index (χ4v) is 2.93. The van der Waals surface area contributed by atoms with Gasteiger partial charge >= 0.3 is 11.9 Å². The van der Waals surface area contributed by atoms with Crippen molar-refractivity contribution < 1.29 is 23.9 Å². The smallest absolute Gasteiger partial charge is 0.331 e. The van der Waals surface area contributed by atoms with Gasteiger partial charge in [0, 0.05) is 24.8 Å². The third-order valence-electron chi connectivity index (χ3n) is 4.30. The fraction of sp³-hybridized carbons (Fsp3) is 0.381. The van der Waals surface area contributed by atoms with Gasteiger partial charge in [0.1, 0.15) is 6.10 Å². The zero-order chi connectivity index (χ0) is 19.3. The van der Waals surface area contributed by atoms with Gasteiger partial charge in [0.25, 0.3) is 0 Å². The van der Waals surface area contributed by atoms with E-state index in [-0.39, 0.29) is 12.2 Å². The van der Waals surface area contributed by atoms with Gasteiger partial charge in [-0.1, -0.05) is 44.2 Å². The highest BCUT2D eigenvalue weighted by Crippen LogP contribution is 2.36. The summed E-state index contributed by atoms with van der Waals surface area (Å²) in [7, 11) is 0. The molecule has 0 heterocycles. The van der Waals surface area contributed by atoms with E-state index in [9.17, 15) is 14.4 Å². The van der Waals surface area contributed by atoms with E-state index in [1.807, 2.05) is 44.2 Å². The lowest BCUT2D eigenvalue weighted by Crippen LogP contribution is -2.43. The standard InChI is InChI=1S/C21H24O5/c1-14-12-18(20(25-15(2)22)21(3,4)13-17(14)23)26-19(24)11-10-16-8-6-5-7-9-16/h5-12,18,20H,13H2,1-4H3/b11-10+. The number of carbonyl (C=O) groups is 3. The van der Waals surface area contributed by atoms with Crippen molar-refractivity contribution in [3.8, 4) is 0 Å². The van der Waals surface area contributed by atoms with Gasteiger partial charge in [0.15, 0.2) is 11.9 Å². The number of allylic oxidation sites excluding steroid dienone is 1. The molecule has 0 spiro atoms. The lowest BCUT2D eigenvalue weighted by Gasteiger charge is -2.35. The second kappa shape index (κ2) is 8.13. The zero-order valence-corrected chi connectivity index (χ0v) is 15.5. The maximum Gasteiger partial charge on any atom is 0.331 e. The van der Waals surface area contributed by atoms with Crippen molar-refractivity contribution in [1.29, 1.82) is 0 Å². The van der Waals surface area contributed by atoms with Crippen LogP contribution in [0, 0.1) is 5.41 Å². The molecule has 5 nitrogen and oxygen atoms in total. The second-order valence-corrected chi connectivity index (χ2v) is 7.11. The second-order valence-electron chi connectivity index (χ2n) is 7.11. The minimum absolute atomic E-state index is 0.0504. The first-order valence-electron chi connectivity index (χ1n) is 8.51. The van der Waals surface area contributed by atoms with Crippen molar-refractivity contribution in [3.05, 3.63) is 53.6 Å². The summed E-state index contributed by atoms with van der Waals surface area (Å²) in [6.45, 7) is 6.62. The largest absolute Gasteiger partial charge is 0.458 e. The molecule has 0 N–H and O–H groups in total. The number of benzene rings is 1. The van der Waals surface area contributed by atoms with E-state index in [0.29, 0.717) is 5.57 Å². The summed E-state index contributed by atoms with van der Waals surface area (Å²) >= 11 is 0. The molecule has 2 atom stereocenters. The van der Waals surface area contributed by atoms with E-state index in [1.54, 1.807) is 19.1 Å². The third-order valence-corrected chi connectivity index (χ3v) is 4.30. The minimum atomic E-state index is -0.826. The van der Waals surface area contributed by atoms with Gasteiger partial charge in [0.2, 0.25) is 0 Å². The number of rotatable bonds is 4. The van der Waals surface area contributed by atoms with E-state index in [1.165, 1.54) is 13.0 Å². The zero-order valence-electron chi connectivity index (χ0n) is 15.5. The number of carbonyl (C=O) groups excluding carboxylic acids is 3. The van der Waals surface area contributed by atoms with Crippen LogP contribution >= 0.6 is 0 Å². The Hall–Kier alpha value is -2.69. The lowest BCUT2D eigenvalue weighted by molar-refractivity contribution is -0.169. The van der Waals surface area contributed by atoms with Gasteiger partial charge in [-0.15, -0.1) is 0 Å². The highest BCUT2D eigenvalue weighted by atomic mass is 16.6. The highest BCUT2D eigenvalue weighted by Gasteiger charge is 2.43. The molecule has 0 saturated heterocycles. The van der Waals surface area contributed by atoms with Gasteiger partial charge in [-0.2, -0.15) is 0 Å². The molecule has 26 heavy (non-hydrogen) atoms. The summed E-state index contributed by atoms with van der Waals surface area (Å²) in [4.78, 5) is 36.0. The number of ketones is 1. The van der Waals surface area contributed by atoms with E-state index in [2.05, 4.69) is 0 Å². The first kappa shape index (κ1) is 19.6. The number of hydrogen-bond acceptors (Lipinski definition) is 5. The van der Waals surface area contributed by atoms with Crippen LogP contribution in [0.25, 0.3) is 6.08 Å². The maximum absolute atomic E-state index is 12.3. The van der Waals surface area contributed by atoms with E-state index < -0.39 is 29.6 Å². The molecule has 0 bridgehead atoms. The molecule has 0 amide bonds. The summed E-state index contributed by atoms with van der Waals surface area (Å²) < 4.78 is 11.0. The molecule has 1 aliphatic rings. The van der Waals surface area contributed by atoms with Crippen molar-refractivity contribution >= 4 is 23.8 Å². The Morgan fingerprint density at radius 1 is 1.15 bits per heavy atom. The lowest BCUT2D eigenvalue weighted by atomic mass is 9.80. The van der Waals surface area contributed by atoms with Crippen molar-refractivity contribution in [2.45, 2.75) is 46.3 Å². The predicted molar refractivity (Wildman–Crippen MR) is 98.1 cm³/mol. The Morgan fingerprint density at radius 3 is 2.42 bits per heavy atom. The minimum Gasteiger partial charge on any atom is -0.458 e. The SMILES string of the molecule is CC(=O)OC1C(OC(=O)/C=C/c2ccccc2)C=C(C)C(=O)CC1(C)C. The van der Waals surface area contributed by atoms with Crippen molar-refractivity contribution in [2.24, 2.45) is 5.41 Å². The van der Waals surface area contributed by atoms with Crippen LogP contribution in [-0.2, 0) is 23.9 Å². The molecule has 5 heteroatoms.